The van der Waals surface area contributed by atoms with Gasteiger partial charge in [0.1, 0.15) is 0 Å². The first-order chi connectivity index (χ1) is 8.97. The Hall–Kier alpha value is -1.75. The number of hydrogen-bond donors (Lipinski definition) is 1. The minimum atomic E-state index is -1.04. The van der Waals surface area contributed by atoms with Gasteiger partial charge in [0.05, 0.1) is 0 Å². The lowest BCUT2D eigenvalue weighted by Crippen LogP contribution is -2.12. The number of hydrogen-bond acceptors (Lipinski definition) is 1. The van der Waals surface area contributed by atoms with Gasteiger partial charge in [0.2, 0.25) is 0 Å². The zero-order valence-electron chi connectivity index (χ0n) is 10.0. The van der Waals surface area contributed by atoms with E-state index in [2.05, 4.69) is 21.2 Å². The van der Waals surface area contributed by atoms with Gasteiger partial charge < -0.3 is 5.32 Å². The summed E-state index contributed by atoms with van der Waals surface area (Å²) in [6, 6.07) is 8.34. The Kier molecular flexibility index (Phi) is 3.95. The maximum Gasteiger partial charge on any atom is 0.255 e. The molecule has 2 rings (SSSR count). The molecule has 0 aliphatic rings. The molecule has 1 amide bonds. The Balaban J connectivity index is 2.20. The standard InChI is InChI=1S/C14H10BrF2NO/c1-8-2-4-10(7-11(8)15)18-14(19)9-3-5-12(16)13(17)6-9/h2-7H,1H3,(H,18,19). The van der Waals surface area contributed by atoms with Crippen molar-refractivity contribution in [2.75, 3.05) is 5.32 Å². The van der Waals surface area contributed by atoms with E-state index in [-0.39, 0.29) is 5.56 Å². The Morgan fingerprint density at radius 3 is 2.47 bits per heavy atom. The van der Waals surface area contributed by atoms with Crippen LogP contribution in [0.15, 0.2) is 40.9 Å². The van der Waals surface area contributed by atoms with E-state index in [4.69, 9.17) is 0 Å². The third-order valence-electron chi connectivity index (χ3n) is 2.61. The van der Waals surface area contributed by atoms with Crippen LogP contribution in [0, 0.1) is 18.6 Å². The van der Waals surface area contributed by atoms with Gasteiger partial charge in [-0.2, -0.15) is 0 Å². The Bertz CT molecular complexity index is 643. The van der Waals surface area contributed by atoms with Gasteiger partial charge in [0, 0.05) is 15.7 Å². The lowest BCUT2D eigenvalue weighted by molar-refractivity contribution is 0.102. The van der Waals surface area contributed by atoms with E-state index in [0.717, 1.165) is 22.2 Å². The molecule has 0 bridgehead atoms. The van der Waals surface area contributed by atoms with Crippen LogP contribution in [-0.4, -0.2) is 5.91 Å². The fraction of sp³-hybridized carbons (Fsp3) is 0.0714. The molecule has 0 saturated carbocycles. The highest BCUT2D eigenvalue weighted by molar-refractivity contribution is 9.10. The van der Waals surface area contributed by atoms with Crippen molar-refractivity contribution in [3.63, 3.8) is 0 Å². The van der Waals surface area contributed by atoms with Crippen molar-refractivity contribution in [3.05, 3.63) is 63.6 Å². The van der Waals surface area contributed by atoms with E-state index < -0.39 is 17.5 Å². The number of amides is 1. The number of carbonyl (C=O) groups is 1. The van der Waals surface area contributed by atoms with Crippen LogP contribution in [0.3, 0.4) is 0 Å². The molecule has 0 aromatic heterocycles. The molecule has 0 saturated heterocycles. The first-order valence-electron chi connectivity index (χ1n) is 5.50. The second kappa shape index (κ2) is 5.48. The molecular formula is C14H10BrF2NO. The van der Waals surface area contributed by atoms with Crippen LogP contribution in [0.2, 0.25) is 0 Å². The van der Waals surface area contributed by atoms with Crippen LogP contribution in [0.1, 0.15) is 15.9 Å². The van der Waals surface area contributed by atoms with Crippen LogP contribution in [0.4, 0.5) is 14.5 Å². The van der Waals surface area contributed by atoms with Crippen molar-refractivity contribution in [3.8, 4) is 0 Å². The second-order valence-electron chi connectivity index (χ2n) is 4.05. The highest BCUT2D eigenvalue weighted by atomic mass is 79.9. The lowest BCUT2D eigenvalue weighted by Gasteiger charge is -2.07. The zero-order valence-corrected chi connectivity index (χ0v) is 11.6. The summed E-state index contributed by atoms with van der Waals surface area (Å²) in [4.78, 5) is 11.9. The van der Waals surface area contributed by atoms with E-state index in [0.29, 0.717) is 5.69 Å². The molecule has 5 heteroatoms. The van der Waals surface area contributed by atoms with Crippen molar-refractivity contribution in [1.82, 2.24) is 0 Å². The summed E-state index contributed by atoms with van der Waals surface area (Å²) in [5.74, 6) is -2.51. The van der Waals surface area contributed by atoms with Crippen LogP contribution < -0.4 is 5.32 Å². The van der Waals surface area contributed by atoms with Crippen molar-refractivity contribution < 1.29 is 13.6 Å². The first kappa shape index (κ1) is 13.7. The highest BCUT2D eigenvalue weighted by Gasteiger charge is 2.10. The third-order valence-corrected chi connectivity index (χ3v) is 3.47. The molecule has 2 aromatic carbocycles. The summed E-state index contributed by atoms with van der Waals surface area (Å²) in [6.07, 6.45) is 0. The van der Waals surface area contributed by atoms with Crippen molar-refractivity contribution in [2.45, 2.75) is 6.92 Å². The third kappa shape index (κ3) is 3.17. The number of anilines is 1. The minimum absolute atomic E-state index is 0.0654. The maximum absolute atomic E-state index is 13.0. The smallest absolute Gasteiger partial charge is 0.255 e. The molecular weight excluding hydrogens is 316 g/mol. The van der Waals surface area contributed by atoms with Gasteiger partial charge in [0.25, 0.3) is 5.91 Å². The SMILES string of the molecule is Cc1ccc(NC(=O)c2ccc(F)c(F)c2)cc1Br. The van der Waals surface area contributed by atoms with Gasteiger partial charge in [0.15, 0.2) is 11.6 Å². The summed E-state index contributed by atoms with van der Waals surface area (Å²) < 4.78 is 26.7. The molecule has 98 valence electrons. The summed E-state index contributed by atoms with van der Waals surface area (Å²) in [7, 11) is 0. The van der Waals surface area contributed by atoms with Crippen LogP contribution in [0.25, 0.3) is 0 Å². The molecule has 1 N–H and O–H groups in total. The van der Waals surface area contributed by atoms with E-state index in [1.165, 1.54) is 6.07 Å². The monoisotopic (exact) mass is 325 g/mol. The van der Waals surface area contributed by atoms with Gasteiger partial charge in [-0.15, -0.1) is 0 Å². The molecule has 0 spiro atoms. The molecule has 0 atom stereocenters. The van der Waals surface area contributed by atoms with Gasteiger partial charge in [-0.3, -0.25) is 4.79 Å². The summed E-state index contributed by atoms with van der Waals surface area (Å²) >= 11 is 3.35. The molecule has 2 nitrogen and oxygen atoms in total. The predicted octanol–water partition coefficient (Wildman–Crippen LogP) is 4.29. The quantitative estimate of drug-likeness (QED) is 0.876. The van der Waals surface area contributed by atoms with Gasteiger partial charge in [-0.25, -0.2) is 8.78 Å². The van der Waals surface area contributed by atoms with Gasteiger partial charge >= 0.3 is 0 Å². The molecule has 0 heterocycles. The molecule has 19 heavy (non-hydrogen) atoms. The minimum Gasteiger partial charge on any atom is -0.322 e. The van der Waals surface area contributed by atoms with E-state index in [1.54, 1.807) is 12.1 Å². The average Bonchev–Trinajstić information content (AvgIpc) is 2.37. The van der Waals surface area contributed by atoms with Gasteiger partial charge in [-0.05, 0) is 42.8 Å². The topological polar surface area (TPSA) is 29.1 Å². The van der Waals surface area contributed by atoms with Crippen molar-refractivity contribution >= 4 is 27.5 Å². The predicted molar refractivity (Wildman–Crippen MR) is 73.2 cm³/mol. The summed E-state index contributed by atoms with van der Waals surface area (Å²) in [5, 5.41) is 2.61. The Labute approximate surface area is 117 Å². The second-order valence-corrected chi connectivity index (χ2v) is 4.90. The molecule has 0 radical (unpaired) electrons. The number of rotatable bonds is 2. The van der Waals surface area contributed by atoms with Crippen LogP contribution in [0.5, 0.6) is 0 Å². The van der Waals surface area contributed by atoms with E-state index >= 15 is 0 Å². The molecule has 0 aliphatic carbocycles. The Morgan fingerprint density at radius 1 is 1.11 bits per heavy atom. The van der Waals surface area contributed by atoms with Crippen molar-refractivity contribution in [1.29, 1.82) is 0 Å². The summed E-state index contributed by atoms with van der Waals surface area (Å²) in [5.41, 5.74) is 1.67. The number of aryl methyl sites for hydroxylation is 1. The van der Waals surface area contributed by atoms with Gasteiger partial charge in [-0.1, -0.05) is 22.0 Å². The molecule has 0 unspecified atom stereocenters. The van der Waals surface area contributed by atoms with Crippen LogP contribution >= 0.6 is 15.9 Å². The van der Waals surface area contributed by atoms with E-state index in [9.17, 15) is 13.6 Å². The van der Waals surface area contributed by atoms with Crippen LogP contribution in [-0.2, 0) is 0 Å². The number of nitrogens with one attached hydrogen (secondary N) is 1. The maximum atomic E-state index is 13.0. The first-order valence-corrected chi connectivity index (χ1v) is 6.29. The fourth-order valence-electron chi connectivity index (χ4n) is 1.51. The normalized spacial score (nSPS) is 10.3. The molecule has 0 aliphatic heterocycles. The highest BCUT2D eigenvalue weighted by Crippen LogP contribution is 2.21. The largest absolute Gasteiger partial charge is 0.322 e. The average molecular weight is 326 g/mol. The summed E-state index contributed by atoms with van der Waals surface area (Å²) in [6.45, 7) is 1.92. The number of carbonyl (C=O) groups excluding carboxylic acids is 1. The zero-order chi connectivity index (χ0) is 14.0. The fourth-order valence-corrected chi connectivity index (χ4v) is 1.89. The van der Waals surface area contributed by atoms with E-state index in [1.807, 2.05) is 13.0 Å². The number of halogens is 3. The Morgan fingerprint density at radius 2 is 1.84 bits per heavy atom. The molecule has 2 aromatic rings. The van der Waals surface area contributed by atoms with Crippen molar-refractivity contribution in [2.24, 2.45) is 0 Å². The lowest BCUT2D eigenvalue weighted by atomic mass is 10.2. The number of benzene rings is 2. The molecule has 0 fully saturated rings.